The van der Waals surface area contributed by atoms with Gasteiger partial charge in [-0.3, -0.25) is 4.79 Å². The molecule has 0 aliphatic heterocycles. The van der Waals surface area contributed by atoms with Crippen molar-refractivity contribution in [1.29, 1.82) is 0 Å². The fourth-order valence-electron chi connectivity index (χ4n) is 1.81. The van der Waals surface area contributed by atoms with E-state index in [1.807, 2.05) is 0 Å². The molecule has 0 fully saturated rings. The van der Waals surface area contributed by atoms with Crippen molar-refractivity contribution in [1.82, 2.24) is 0 Å². The summed E-state index contributed by atoms with van der Waals surface area (Å²) >= 11 is 0. The van der Waals surface area contributed by atoms with Crippen LogP contribution in [0.5, 0.6) is 11.5 Å². The maximum atomic E-state index is 13.2. The van der Waals surface area contributed by atoms with Crippen molar-refractivity contribution in [3.8, 4) is 11.5 Å². The van der Waals surface area contributed by atoms with Gasteiger partial charge in [0.25, 0.3) is 5.91 Å². The zero-order valence-corrected chi connectivity index (χ0v) is 11.6. The van der Waals surface area contributed by atoms with E-state index in [-0.39, 0.29) is 11.4 Å². The van der Waals surface area contributed by atoms with Gasteiger partial charge < -0.3 is 20.5 Å². The number of nitrogen functional groups attached to an aromatic ring is 1. The smallest absolute Gasteiger partial charge is 0.255 e. The van der Waals surface area contributed by atoms with Crippen LogP contribution < -0.4 is 20.5 Å². The molecule has 6 heteroatoms. The van der Waals surface area contributed by atoms with Crippen molar-refractivity contribution < 1.29 is 18.7 Å². The van der Waals surface area contributed by atoms with Crippen LogP contribution in [0.4, 0.5) is 15.8 Å². The molecule has 0 aliphatic carbocycles. The van der Waals surface area contributed by atoms with Gasteiger partial charge in [0.15, 0.2) is 11.5 Å². The molecule has 21 heavy (non-hydrogen) atoms. The number of amides is 1. The van der Waals surface area contributed by atoms with E-state index in [1.165, 1.54) is 32.4 Å². The zero-order valence-electron chi connectivity index (χ0n) is 11.6. The van der Waals surface area contributed by atoms with Crippen LogP contribution in [0.1, 0.15) is 10.4 Å². The second-order valence-electron chi connectivity index (χ2n) is 4.26. The third-order valence-electron chi connectivity index (χ3n) is 2.91. The molecule has 0 heterocycles. The molecule has 0 aromatic heterocycles. The molecular formula is C15H15FN2O3. The number of benzene rings is 2. The number of carbonyl (C=O) groups is 1. The van der Waals surface area contributed by atoms with E-state index in [0.717, 1.165) is 6.07 Å². The van der Waals surface area contributed by atoms with E-state index in [4.69, 9.17) is 15.2 Å². The Hall–Kier alpha value is -2.76. The van der Waals surface area contributed by atoms with Crippen molar-refractivity contribution in [3.63, 3.8) is 0 Å². The number of anilines is 2. The van der Waals surface area contributed by atoms with Crippen molar-refractivity contribution in [2.75, 3.05) is 25.3 Å². The zero-order chi connectivity index (χ0) is 15.4. The Morgan fingerprint density at radius 3 is 2.48 bits per heavy atom. The lowest BCUT2D eigenvalue weighted by Gasteiger charge is -2.11. The van der Waals surface area contributed by atoms with E-state index >= 15 is 0 Å². The number of ether oxygens (including phenoxy) is 2. The lowest BCUT2D eigenvalue weighted by atomic mass is 10.1. The van der Waals surface area contributed by atoms with Gasteiger partial charge in [-0.1, -0.05) is 0 Å². The van der Waals surface area contributed by atoms with Crippen molar-refractivity contribution in [3.05, 3.63) is 47.8 Å². The Labute approximate surface area is 121 Å². The number of hydrogen-bond donors (Lipinski definition) is 2. The van der Waals surface area contributed by atoms with Crippen LogP contribution in [0.25, 0.3) is 0 Å². The van der Waals surface area contributed by atoms with E-state index in [9.17, 15) is 9.18 Å². The molecule has 110 valence electrons. The normalized spacial score (nSPS) is 10.0. The topological polar surface area (TPSA) is 73.6 Å². The van der Waals surface area contributed by atoms with Crippen LogP contribution in [-0.2, 0) is 0 Å². The molecule has 2 aromatic rings. The molecule has 0 spiro atoms. The Balaban J connectivity index is 2.26. The molecule has 0 atom stereocenters. The molecule has 0 bridgehead atoms. The highest BCUT2D eigenvalue weighted by Gasteiger charge is 2.12. The number of rotatable bonds is 4. The summed E-state index contributed by atoms with van der Waals surface area (Å²) in [6.07, 6.45) is 0. The number of carbonyl (C=O) groups excluding carboxylic acids is 1. The Bertz CT molecular complexity index is 674. The molecule has 2 aromatic carbocycles. The Kier molecular flexibility index (Phi) is 4.27. The van der Waals surface area contributed by atoms with Crippen LogP contribution in [-0.4, -0.2) is 20.1 Å². The summed E-state index contributed by atoms with van der Waals surface area (Å²) in [6, 6.07) is 8.49. The van der Waals surface area contributed by atoms with Crippen molar-refractivity contribution in [2.24, 2.45) is 0 Å². The second kappa shape index (κ2) is 6.13. The van der Waals surface area contributed by atoms with Gasteiger partial charge in [-0.15, -0.1) is 0 Å². The van der Waals surface area contributed by atoms with Crippen LogP contribution in [0.15, 0.2) is 36.4 Å². The molecule has 0 radical (unpaired) electrons. The predicted octanol–water partition coefficient (Wildman–Crippen LogP) is 2.68. The first kappa shape index (κ1) is 14.6. The molecule has 0 saturated heterocycles. The fraction of sp³-hybridized carbons (Fsp3) is 0.133. The van der Waals surface area contributed by atoms with E-state index in [2.05, 4.69) is 5.32 Å². The minimum Gasteiger partial charge on any atom is -0.493 e. The first-order chi connectivity index (χ1) is 10.0. The monoisotopic (exact) mass is 290 g/mol. The Morgan fingerprint density at radius 2 is 1.81 bits per heavy atom. The van der Waals surface area contributed by atoms with Gasteiger partial charge >= 0.3 is 0 Å². The van der Waals surface area contributed by atoms with Gasteiger partial charge in [-0.05, 0) is 36.4 Å². The average Bonchev–Trinajstić information content (AvgIpc) is 2.50. The quantitative estimate of drug-likeness (QED) is 0.849. The molecule has 3 N–H and O–H groups in total. The summed E-state index contributed by atoms with van der Waals surface area (Å²) in [5.74, 6) is 0.0387. The lowest BCUT2D eigenvalue weighted by Crippen LogP contribution is -2.13. The van der Waals surface area contributed by atoms with Gasteiger partial charge in [0.05, 0.1) is 25.6 Å². The van der Waals surface area contributed by atoms with Crippen molar-refractivity contribution >= 4 is 17.3 Å². The molecule has 2 rings (SSSR count). The number of hydrogen-bond acceptors (Lipinski definition) is 4. The van der Waals surface area contributed by atoms with Gasteiger partial charge in [-0.2, -0.15) is 0 Å². The number of nitrogens with two attached hydrogens (primary N) is 1. The average molecular weight is 290 g/mol. The molecule has 0 unspecified atom stereocenters. The summed E-state index contributed by atoms with van der Waals surface area (Å²) in [5, 5.41) is 2.56. The van der Waals surface area contributed by atoms with Crippen LogP contribution >= 0.6 is 0 Å². The van der Waals surface area contributed by atoms with E-state index in [0.29, 0.717) is 17.1 Å². The van der Waals surface area contributed by atoms with Gasteiger partial charge in [0.1, 0.15) is 5.82 Å². The van der Waals surface area contributed by atoms with E-state index < -0.39 is 11.7 Å². The van der Waals surface area contributed by atoms with Crippen molar-refractivity contribution in [2.45, 2.75) is 0 Å². The largest absolute Gasteiger partial charge is 0.493 e. The third-order valence-corrected chi connectivity index (χ3v) is 2.91. The second-order valence-corrected chi connectivity index (χ2v) is 4.26. The summed E-state index contributed by atoms with van der Waals surface area (Å²) in [4.78, 5) is 12.2. The standard InChI is InChI=1S/C15H15FN2O3/c1-20-13-6-3-9(7-14(13)21-2)15(19)18-12-8-10(16)4-5-11(12)17/h3-8H,17H2,1-2H3,(H,18,19). The molecule has 0 saturated carbocycles. The maximum absolute atomic E-state index is 13.2. The van der Waals surface area contributed by atoms with Gasteiger partial charge in [0, 0.05) is 5.56 Å². The summed E-state index contributed by atoms with van der Waals surface area (Å²) in [7, 11) is 2.98. The summed E-state index contributed by atoms with van der Waals surface area (Å²) in [6.45, 7) is 0. The minimum atomic E-state index is -0.480. The van der Waals surface area contributed by atoms with Crippen LogP contribution in [0.2, 0.25) is 0 Å². The number of methoxy groups -OCH3 is 2. The summed E-state index contributed by atoms with van der Waals surface area (Å²) < 4.78 is 23.4. The first-order valence-corrected chi connectivity index (χ1v) is 6.13. The number of nitrogens with one attached hydrogen (secondary N) is 1. The van der Waals surface area contributed by atoms with Gasteiger partial charge in [-0.25, -0.2) is 4.39 Å². The predicted molar refractivity (Wildman–Crippen MR) is 78.3 cm³/mol. The SMILES string of the molecule is COc1ccc(C(=O)Nc2cc(F)ccc2N)cc1OC. The first-order valence-electron chi connectivity index (χ1n) is 6.13. The van der Waals surface area contributed by atoms with E-state index in [1.54, 1.807) is 12.1 Å². The molecule has 5 nitrogen and oxygen atoms in total. The highest BCUT2D eigenvalue weighted by atomic mass is 19.1. The molecule has 0 aliphatic rings. The van der Waals surface area contributed by atoms with Gasteiger partial charge in [0.2, 0.25) is 0 Å². The highest BCUT2D eigenvalue weighted by molar-refractivity contribution is 6.06. The number of halogens is 1. The maximum Gasteiger partial charge on any atom is 0.255 e. The van der Waals surface area contributed by atoms with Crippen LogP contribution in [0.3, 0.4) is 0 Å². The summed E-state index contributed by atoms with van der Waals surface area (Å²) in [5.41, 5.74) is 6.54. The van der Waals surface area contributed by atoms with Crippen LogP contribution in [0, 0.1) is 5.82 Å². The fourth-order valence-corrected chi connectivity index (χ4v) is 1.81. The molecule has 1 amide bonds. The highest BCUT2D eigenvalue weighted by Crippen LogP contribution is 2.28. The third kappa shape index (κ3) is 3.22. The minimum absolute atomic E-state index is 0.217. The molecular weight excluding hydrogens is 275 g/mol. The lowest BCUT2D eigenvalue weighted by molar-refractivity contribution is 0.102. The Morgan fingerprint density at radius 1 is 1.10 bits per heavy atom.